The fraction of sp³-hybridized carbons (Fsp3) is 0. The van der Waals surface area contributed by atoms with Crippen molar-refractivity contribution in [2.45, 2.75) is 4.90 Å². The molecular weight excluding hydrogens is 434 g/mol. The summed E-state index contributed by atoms with van der Waals surface area (Å²) in [5.41, 5.74) is 0.263. The molecule has 0 fully saturated rings. The maximum Gasteiger partial charge on any atom is 0.411 e. The van der Waals surface area contributed by atoms with Gasteiger partial charge in [-0.15, -0.1) is 0 Å². The van der Waals surface area contributed by atoms with Crippen molar-refractivity contribution >= 4 is 61.0 Å². The summed E-state index contributed by atoms with van der Waals surface area (Å²) in [4.78, 5) is 2.66. The molecule has 0 spiro atoms. The molecule has 0 atom stereocenters. The van der Waals surface area contributed by atoms with Gasteiger partial charge in [0.25, 0.3) is 0 Å². The topological polar surface area (TPSA) is 85.3 Å². The van der Waals surface area contributed by atoms with Crippen molar-refractivity contribution in [1.29, 1.82) is 5.39 Å². The predicted octanol–water partition coefficient (Wildman–Crippen LogP) is 2.28. The van der Waals surface area contributed by atoms with Crippen LogP contribution in [0.5, 0.6) is 0 Å². The Balaban J connectivity index is 3.53. The Morgan fingerprint density at radius 2 is 1.71 bits per heavy atom. The van der Waals surface area contributed by atoms with E-state index < -0.39 is 10.1 Å². The molecule has 0 aromatic heterocycles. The molecule has 14 heavy (non-hydrogen) atoms. The maximum absolute atomic E-state index is 10.7. The number of hydrogen-bond donors (Lipinski definition) is 0. The molecule has 0 unspecified atom stereocenters. The highest BCUT2D eigenvalue weighted by Crippen LogP contribution is 2.30. The molecule has 0 aliphatic heterocycles. The van der Waals surface area contributed by atoms with Gasteiger partial charge >= 0.3 is 5.69 Å². The molecule has 5 nitrogen and oxygen atoms in total. The lowest BCUT2D eigenvalue weighted by Gasteiger charge is -2.06. The zero-order chi connectivity index (χ0) is 10.9. The van der Waals surface area contributed by atoms with Gasteiger partial charge in [-0.25, -0.2) is 8.42 Å². The van der Waals surface area contributed by atoms with Crippen LogP contribution in [0.1, 0.15) is 0 Å². The Labute approximate surface area is 108 Å². The van der Waals surface area contributed by atoms with E-state index >= 15 is 0 Å². The second-order valence-corrected chi connectivity index (χ2v) is 5.99. The van der Waals surface area contributed by atoms with Crippen LogP contribution in [0, 0.1) is 12.5 Å². The van der Waals surface area contributed by atoms with Crippen molar-refractivity contribution < 1.29 is 13.0 Å². The first-order valence-electron chi connectivity index (χ1n) is 3.16. The number of nitrogens with zero attached hydrogens (tertiary/aromatic N) is 2. The van der Waals surface area contributed by atoms with Crippen LogP contribution in [0.4, 0.5) is 5.69 Å². The molecule has 1 aromatic carbocycles. The Hall–Kier alpha value is 0.01000. The smallest absolute Gasteiger partial charge is 0.411 e. The Morgan fingerprint density at radius 3 is 2.00 bits per heavy atom. The minimum atomic E-state index is -4.46. The molecule has 0 N–H and O–H groups in total. The van der Waals surface area contributed by atoms with E-state index in [1.807, 2.05) is 0 Å². The lowest BCUT2D eigenvalue weighted by Crippen LogP contribution is -1.99. The molecule has 0 bridgehead atoms. The second kappa shape index (κ2) is 4.25. The van der Waals surface area contributed by atoms with Crippen LogP contribution >= 0.6 is 45.2 Å². The molecule has 1 rings (SSSR count). The van der Waals surface area contributed by atoms with Gasteiger partial charge in [0, 0.05) is 0 Å². The zero-order valence-electron chi connectivity index (χ0n) is 6.44. The Bertz CT molecular complexity index is 497. The Morgan fingerprint density at radius 1 is 1.29 bits per heavy atom. The van der Waals surface area contributed by atoms with Crippen molar-refractivity contribution in [2.75, 3.05) is 0 Å². The average molecular weight is 436 g/mol. The van der Waals surface area contributed by atoms with E-state index in [0.717, 1.165) is 0 Å². The van der Waals surface area contributed by atoms with Crippen molar-refractivity contribution in [3.8, 4) is 0 Å². The second-order valence-electron chi connectivity index (χ2n) is 2.29. The van der Waals surface area contributed by atoms with Crippen LogP contribution in [0.3, 0.4) is 0 Å². The van der Waals surface area contributed by atoms with E-state index in [9.17, 15) is 13.0 Å². The highest BCUT2D eigenvalue weighted by molar-refractivity contribution is 14.1. The van der Waals surface area contributed by atoms with Gasteiger partial charge in [0.05, 0.1) is 4.90 Å². The lowest BCUT2D eigenvalue weighted by molar-refractivity contribution is 0.463. The van der Waals surface area contributed by atoms with Gasteiger partial charge in [-0.1, -0.05) is 0 Å². The van der Waals surface area contributed by atoms with Gasteiger partial charge in [-0.3, -0.25) is 0 Å². The number of benzene rings is 1. The van der Waals surface area contributed by atoms with Gasteiger partial charge in [0.1, 0.15) is 17.3 Å². The number of halogens is 2. The van der Waals surface area contributed by atoms with E-state index in [1.165, 1.54) is 12.1 Å². The summed E-state index contributed by atoms with van der Waals surface area (Å²) in [6.07, 6.45) is 0. The van der Waals surface area contributed by atoms with E-state index in [4.69, 9.17) is 5.39 Å². The van der Waals surface area contributed by atoms with Gasteiger partial charge in [-0.2, -0.15) is 0 Å². The van der Waals surface area contributed by atoms with Crippen LogP contribution in [0.25, 0.3) is 4.98 Å². The summed E-state index contributed by atoms with van der Waals surface area (Å²) in [7, 11) is -4.46. The molecule has 0 aliphatic carbocycles. The molecule has 0 heterocycles. The predicted molar refractivity (Wildman–Crippen MR) is 64.6 cm³/mol. The fourth-order valence-electron chi connectivity index (χ4n) is 0.782. The molecule has 0 saturated heterocycles. The molecule has 0 aliphatic rings. The Kier molecular flexibility index (Phi) is 3.67. The summed E-state index contributed by atoms with van der Waals surface area (Å²) >= 11 is 3.58. The monoisotopic (exact) mass is 436 g/mol. The van der Waals surface area contributed by atoms with Crippen molar-refractivity contribution in [1.82, 2.24) is 0 Å². The molecule has 8 heteroatoms. The van der Waals surface area contributed by atoms with Crippen LogP contribution < -0.4 is 0 Å². The third-order valence-electron chi connectivity index (χ3n) is 1.38. The van der Waals surface area contributed by atoms with Gasteiger partial charge in [0.2, 0.25) is 5.39 Å². The summed E-state index contributed by atoms with van der Waals surface area (Å²) in [5, 5.41) is 8.58. The lowest BCUT2D eigenvalue weighted by atomic mass is 10.3. The average Bonchev–Trinajstić information content (AvgIpc) is 2.01. The SMILES string of the molecule is N#[N+]c1c(I)cc(S(=O)(=O)[O-])cc1I. The van der Waals surface area contributed by atoms with Crippen LogP contribution in [-0.4, -0.2) is 13.0 Å². The standard InChI is InChI=1S/C6H2I2N2O3S/c7-4-1-3(14(11,12)13)2-5(8)6(4)10-9/h1-2H. The summed E-state index contributed by atoms with van der Waals surface area (Å²) in [6.45, 7) is 0. The molecule has 0 amide bonds. The third kappa shape index (κ3) is 2.53. The normalized spacial score (nSPS) is 11.0. The maximum atomic E-state index is 10.7. The number of rotatable bonds is 1. The summed E-state index contributed by atoms with van der Waals surface area (Å²) < 4.78 is 32.9. The van der Waals surface area contributed by atoms with E-state index in [0.29, 0.717) is 7.14 Å². The minimum Gasteiger partial charge on any atom is -0.744 e. The molecule has 0 radical (unpaired) electrons. The highest BCUT2D eigenvalue weighted by atomic mass is 127. The van der Waals surface area contributed by atoms with Crippen LogP contribution in [0.15, 0.2) is 17.0 Å². The first-order valence-corrected chi connectivity index (χ1v) is 6.73. The molecule has 1 aromatic rings. The molecular formula is C6H2I2N2O3S. The van der Waals surface area contributed by atoms with Crippen LogP contribution in [-0.2, 0) is 10.1 Å². The number of diazo groups is 1. The number of hydrogen-bond acceptors (Lipinski definition) is 4. The van der Waals surface area contributed by atoms with Gasteiger partial charge < -0.3 is 4.55 Å². The first kappa shape index (κ1) is 12.1. The molecule has 0 saturated carbocycles. The zero-order valence-corrected chi connectivity index (χ0v) is 11.6. The quantitative estimate of drug-likeness (QED) is 0.384. The van der Waals surface area contributed by atoms with Gasteiger partial charge in [-0.05, 0) is 57.3 Å². The minimum absolute atomic E-state index is 0.263. The van der Waals surface area contributed by atoms with Crippen molar-refractivity contribution in [3.05, 3.63) is 24.2 Å². The third-order valence-corrected chi connectivity index (χ3v) is 3.84. The largest absolute Gasteiger partial charge is 0.744 e. The first-order chi connectivity index (χ1) is 6.36. The van der Waals surface area contributed by atoms with Crippen LogP contribution in [0.2, 0.25) is 0 Å². The summed E-state index contributed by atoms with van der Waals surface area (Å²) in [5.74, 6) is 0. The fourth-order valence-corrected chi connectivity index (χ4v) is 3.71. The van der Waals surface area contributed by atoms with Crippen molar-refractivity contribution in [2.24, 2.45) is 0 Å². The highest BCUT2D eigenvalue weighted by Gasteiger charge is 2.19. The van der Waals surface area contributed by atoms with Crippen molar-refractivity contribution in [3.63, 3.8) is 0 Å². The van der Waals surface area contributed by atoms with E-state index in [2.05, 4.69) is 4.98 Å². The molecule has 74 valence electrons. The summed E-state index contributed by atoms with van der Waals surface area (Å²) in [6, 6.07) is 2.33. The van der Waals surface area contributed by atoms with E-state index in [1.54, 1.807) is 45.2 Å². The van der Waals surface area contributed by atoms with E-state index in [-0.39, 0.29) is 10.6 Å². The van der Waals surface area contributed by atoms with Gasteiger partial charge in [0.15, 0.2) is 4.98 Å².